The highest BCUT2D eigenvalue weighted by Gasteiger charge is 2.32. The maximum atomic E-state index is 12.8. The van der Waals surface area contributed by atoms with E-state index in [-0.39, 0.29) is 17.2 Å². The Morgan fingerprint density at radius 3 is 2.19 bits per heavy atom. The van der Waals surface area contributed by atoms with Crippen LogP contribution in [0.5, 0.6) is 0 Å². The van der Waals surface area contributed by atoms with E-state index in [9.17, 15) is 14.7 Å². The first-order chi connectivity index (χ1) is 12.8. The zero-order valence-electron chi connectivity index (χ0n) is 16.8. The second-order valence-electron chi connectivity index (χ2n) is 9.02. The number of amides is 1. The van der Waals surface area contributed by atoms with E-state index in [2.05, 4.69) is 37.8 Å². The van der Waals surface area contributed by atoms with Crippen LogP contribution in [0.1, 0.15) is 62.4 Å². The molecule has 148 valence electrons. The van der Waals surface area contributed by atoms with E-state index in [1.54, 1.807) is 0 Å². The van der Waals surface area contributed by atoms with Gasteiger partial charge in [0, 0.05) is 31.2 Å². The summed E-state index contributed by atoms with van der Waals surface area (Å²) in [6.45, 7) is 9.65. The van der Waals surface area contributed by atoms with Gasteiger partial charge in [0.25, 0.3) is 5.91 Å². The molecule has 1 N–H and O–H groups in total. The fraction of sp³-hybridized carbons (Fsp3) is 0.636. The summed E-state index contributed by atoms with van der Waals surface area (Å²) in [5.74, 6) is -0.804. The zero-order valence-corrected chi connectivity index (χ0v) is 16.8. The molecule has 1 amide bonds. The molecule has 1 aromatic rings. The predicted octanol–water partition coefficient (Wildman–Crippen LogP) is 3.39. The molecule has 1 atom stereocenters. The maximum Gasteiger partial charge on any atom is 0.307 e. The monoisotopic (exact) mass is 372 g/mol. The van der Waals surface area contributed by atoms with Gasteiger partial charge in [0.15, 0.2) is 0 Å². The van der Waals surface area contributed by atoms with Gasteiger partial charge in [-0.25, -0.2) is 0 Å². The number of benzene rings is 1. The molecule has 2 fully saturated rings. The molecule has 0 aromatic heterocycles. The summed E-state index contributed by atoms with van der Waals surface area (Å²) in [6, 6.07) is 8.40. The number of carboxylic acids is 1. The second-order valence-corrected chi connectivity index (χ2v) is 9.02. The number of carbonyl (C=O) groups is 2. The van der Waals surface area contributed by atoms with Gasteiger partial charge >= 0.3 is 5.97 Å². The summed E-state index contributed by atoms with van der Waals surface area (Å²) in [4.78, 5) is 28.4. The molecule has 5 heteroatoms. The highest BCUT2D eigenvalue weighted by molar-refractivity contribution is 5.94. The third-order valence-corrected chi connectivity index (χ3v) is 6.07. The minimum atomic E-state index is -0.675. The first-order valence-electron chi connectivity index (χ1n) is 10.1. The Morgan fingerprint density at radius 2 is 1.63 bits per heavy atom. The number of carboxylic acid groups (broad SMARTS) is 1. The number of piperidine rings is 2. The number of likely N-dealkylation sites (tertiary alicyclic amines) is 2. The van der Waals surface area contributed by atoms with Gasteiger partial charge in [-0.1, -0.05) is 32.9 Å². The molecule has 0 bridgehead atoms. The minimum Gasteiger partial charge on any atom is -0.481 e. The molecule has 2 saturated heterocycles. The first kappa shape index (κ1) is 19.9. The lowest BCUT2D eigenvalue weighted by molar-refractivity contribution is -0.144. The fourth-order valence-corrected chi connectivity index (χ4v) is 4.27. The lowest BCUT2D eigenvalue weighted by Gasteiger charge is -2.41. The molecule has 0 saturated carbocycles. The van der Waals surface area contributed by atoms with E-state index in [0.29, 0.717) is 12.6 Å². The predicted molar refractivity (Wildman–Crippen MR) is 106 cm³/mol. The Kier molecular flexibility index (Phi) is 5.89. The number of hydrogen-bond donors (Lipinski definition) is 1. The van der Waals surface area contributed by atoms with Gasteiger partial charge in [-0.3, -0.25) is 14.5 Å². The second kappa shape index (κ2) is 8.01. The molecular weight excluding hydrogens is 340 g/mol. The van der Waals surface area contributed by atoms with Gasteiger partial charge in [-0.05, 0) is 55.3 Å². The Bertz CT molecular complexity index is 670. The lowest BCUT2D eigenvalue weighted by Crippen LogP contribution is -2.50. The van der Waals surface area contributed by atoms with Crippen LogP contribution in [0.15, 0.2) is 24.3 Å². The molecule has 3 rings (SSSR count). The number of rotatable bonds is 3. The first-order valence-corrected chi connectivity index (χ1v) is 10.1. The van der Waals surface area contributed by atoms with Gasteiger partial charge in [0.2, 0.25) is 0 Å². The van der Waals surface area contributed by atoms with Crippen molar-refractivity contribution in [3.63, 3.8) is 0 Å². The number of carbonyl (C=O) groups excluding carboxylic acids is 1. The summed E-state index contributed by atoms with van der Waals surface area (Å²) in [5, 5.41) is 9.29. The average molecular weight is 373 g/mol. The van der Waals surface area contributed by atoms with Crippen molar-refractivity contribution in [1.29, 1.82) is 0 Å². The average Bonchev–Trinajstić information content (AvgIpc) is 2.67. The molecule has 5 nitrogen and oxygen atoms in total. The largest absolute Gasteiger partial charge is 0.481 e. The van der Waals surface area contributed by atoms with E-state index in [1.165, 1.54) is 5.56 Å². The molecule has 0 radical (unpaired) electrons. The number of hydrogen-bond acceptors (Lipinski definition) is 3. The van der Waals surface area contributed by atoms with E-state index in [0.717, 1.165) is 50.9 Å². The van der Waals surface area contributed by atoms with Crippen molar-refractivity contribution in [2.75, 3.05) is 26.2 Å². The Morgan fingerprint density at radius 1 is 1.00 bits per heavy atom. The summed E-state index contributed by atoms with van der Waals surface area (Å²) in [5.41, 5.74) is 2.07. The zero-order chi connectivity index (χ0) is 19.6. The Balaban J connectivity index is 1.55. The maximum absolute atomic E-state index is 12.8. The molecular formula is C22H32N2O3. The molecule has 0 unspecified atom stereocenters. The third kappa shape index (κ3) is 4.70. The quantitative estimate of drug-likeness (QED) is 0.884. The van der Waals surface area contributed by atoms with Crippen molar-refractivity contribution < 1.29 is 14.7 Å². The van der Waals surface area contributed by atoms with E-state index in [1.807, 2.05) is 17.0 Å². The van der Waals surface area contributed by atoms with Crippen LogP contribution >= 0.6 is 0 Å². The van der Waals surface area contributed by atoms with E-state index in [4.69, 9.17) is 0 Å². The van der Waals surface area contributed by atoms with E-state index >= 15 is 0 Å². The fourth-order valence-electron chi connectivity index (χ4n) is 4.27. The van der Waals surface area contributed by atoms with Crippen molar-refractivity contribution in [3.8, 4) is 0 Å². The van der Waals surface area contributed by atoms with Crippen molar-refractivity contribution in [2.24, 2.45) is 5.92 Å². The molecule has 0 aliphatic carbocycles. The van der Waals surface area contributed by atoms with Crippen LogP contribution < -0.4 is 0 Å². The van der Waals surface area contributed by atoms with Crippen LogP contribution in [-0.2, 0) is 10.2 Å². The van der Waals surface area contributed by atoms with Crippen LogP contribution in [-0.4, -0.2) is 59.0 Å². The topological polar surface area (TPSA) is 60.9 Å². The molecule has 2 aliphatic heterocycles. The standard InChI is InChI=1S/C22H32N2O3/c1-22(2,3)18-8-6-16(7-9-18)20(25)23-13-10-19(11-14-23)24-12-4-5-17(15-24)21(26)27/h6-9,17,19H,4-5,10-15H2,1-3H3,(H,26,27)/t17-/m0/s1. The smallest absolute Gasteiger partial charge is 0.307 e. The third-order valence-electron chi connectivity index (χ3n) is 6.07. The highest BCUT2D eigenvalue weighted by atomic mass is 16.4. The summed E-state index contributed by atoms with van der Waals surface area (Å²) < 4.78 is 0. The van der Waals surface area contributed by atoms with Crippen molar-refractivity contribution in [3.05, 3.63) is 35.4 Å². The van der Waals surface area contributed by atoms with Gasteiger partial charge in [-0.15, -0.1) is 0 Å². The number of aliphatic carboxylic acids is 1. The molecule has 2 heterocycles. The van der Waals surface area contributed by atoms with Crippen LogP contribution in [0.3, 0.4) is 0 Å². The summed E-state index contributed by atoms with van der Waals surface area (Å²) >= 11 is 0. The van der Waals surface area contributed by atoms with Gasteiger partial charge in [-0.2, -0.15) is 0 Å². The van der Waals surface area contributed by atoms with E-state index < -0.39 is 5.97 Å². The van der Waals surface area contributed by atoms with Gasteiger partial charge in [0.05, 0.1) is 5.92 Å². The van der Waals surface area contributed by atoms with Gasteiger partial charge in [0.1, 0.15) is 0 Å². The van der Waals surface area contributed by atoms with Crippen LogP contribution in [0.4, 0.5) is 0 Å². The lowest BCUT2D eigenvalue weighted by atomic mass is 9.86. The molecule has 1 aromatic carbocycles. The Labute approximate surface area is 162 Å². The normalized spacial score (nSPS) is 22.6. The molecule has 2 aliphatic rings. The van der Waals surface area contributed by atoms with Gasteiger partial charge < -0.3 is 10.0 Å². The van der Waals surface area contributed by atoms with Crippen LogP contribution in [0, 0.1) is 5.92 Å². The van der Waals surface area contributed by atoms with Crippen LogP contribution in [0.2, 0.25) is 0 Å². The van der Waals surface area contributed by atoms with Crippen molar-refractivity contribution in [2.45, 2.75) is 57.9 Å². The number of nitrogens with zero attached hydrogens (tertiary/aromatic N) is 2. The van der Waals surface area contributed by atoms with Crippen molar-refractivity contribution in [1.82, 2.24) is 9.80 Å². The molecule has 0 spiro atoms. The molecule has 27 heavy (non-hydrogen) atoms. The minimum absolute atomic E-state index is 0.0855. The SMILES string of the molecule is CC(C)(C)c1ccc(C(=O)N2CCC(N3CCC[C@H](C(=O)O)C3)CC2)cc1. The summed E-state index contributed by atoms with van der Waals surface area (Å²) in [6.07, 6.45) is 3.60. The highest BCUT2D eigenvalue weighted by Crippen LogP contribution is 2.26. The van der Waals surface area contributed by atoms with Crippen molar-refractivity contribution >= 4 is 11.9 Å². The van der Waals surface area contributed by atoms with Crippen LogP contribution in [0.25, 0.3) is 0 Å². The Hall–Kier alpha value is -1.88. The summed E-state index contributed by atoms with van der Waals surface area (Å²) in [7, 11) is 0.